The molecule has 0 fully saturated rings. The van der Waals surface area contributed by atoms with E-state index in [1.807, 2.05) is 17.9 Å². The lowest BCUT2D eigenvalue weighted by Gasteiger charge is -2.19. The van der Waals surface area contributed by atoms with Crippen molar-refractivity contribution in [3.05, 3.63) is 16.4 Å². The Labute approximate surface area is 87.6 Å². The van der Waals surface area contributed by atoms with Crippen molar-refractivity contribution in [3.8, 4) is 0 Å². The van der Waals surface area contributed by atoms with Crippen LogP contribution < -0.4 is 5.32 Å². The Morgan fingerprint density at radius 3 is 2.54 bits per heavy atom. The molecule has 13 heavy (non-hydrogen) atoms. The molecule has 0 saturated carbocycles. The maximum atomic E-state index is 4.21. The largest absolute Gasteiger partial charge is 0.308 e. The third-order valence-corrected chi connectivity index (χ3v) is 2.33. The number of nitrogens with one attached hydrogen (secondary N) is 1. The van der Waals surface area contributed by atoms with Gasteiger partial charge in [-0.2, -0.15) is 5.10 Å². The fourth-order valence-electron chi connectivity index (χ4n) is 0.989. The number of aryl methyl sites for hydroxylation is 1. The van der Waals surface area contributed by atoms with E-state index in [1.54, 1.807) is 0 Å². The van der Waals surface area contributed by atoms with Crippen molar-refractivity contribution in [3.63, 3.8) is 0 Å². The van der Waals surface area contributed by atoms with Gasteiger partial charge in [-0.3, -0.25) is 4.68 Å². The Morgan fingerprint density at radius 2 is 2.15 bits per heavy atom. The molecule has 1 N–H and O–H groups in total. The zero-order chi connectivity index (χ0) is 10.1. The van der Waals surface area contributed by atoms with Crippen LogP contribution in [-0.2, 0) is 13.6 Å². The van der Waals surface area contributed by atoms with Crippen LogP contribution in [0.15, 0.2) is 10.8 Å². The van der Waals surface area contributed by atoms with Crippen molar-refractivity contribution in [2.24, 2.45) is 7.05 Å². The van der Waals surface area contributed by atoms with Crippen LogP contribution in [0.2, 0.25) is 0 Å². The molecule has 1 rings (SSSR count). The minimum absolute atomic E-state index is 0.148. The summed E-state index contributed by atoms with van der Waals surface area (Å²) in [5, 5.41) is 7.61. The predicted octanol–water partition coefficient (Wildman–Crippen LogP) is 2.07. The number of rotatable bonds is 2. The number of hydrogen-bond donors (Lipinski definition) is 1. The van der Waals surface area contributed by atoms with Crippen molar-refractivity contribution in [1.29, 1.82) is 0 Å². The van der Waals surface area contributed by atoms with Crippen molar-refractivity contribution >= 4 is 15.9 Å². The molecule has 0 aliphatic heterocycles. The highest BCUT2D eigenvalue weighted by atomic mass is 79.9. The Balaban J connectivity index is 2.59. The molecule has 0 radical (unpaired) electrons. The van der Waals surface area contributed by atoms with Gasteiger partial charge in [0.1, 0.15) is 4.60 Å². The second-order valence-corrected chi connectivity index (χ2v) is 4.97. The van der Waals surface area contributed by atoms with E-state index in [-0.39, 0.29) is 5.54 Å². The lowest BCUT2D eigenvalue weighted by molar-refractivity contribution is 0.424. The van der Waals surface area contributed by atoms with E-state index < -0.39 is 0 Å². The molecule has 0 bridgehead atoms. The van der Waals surface area contributed by atoms with Crippen LogP contribution in [0.4, 0.5) is 0 Å². The van der Waals surface area contributed by atoms with E-state index in [4.69, 9.17) is 0 Å². The van der Waals surface area contributed by atoms with Crippen LogP contribution in [0.1, 0.15) is 26.3 Å². The van der Waals surface area contributed by atoms with Gasteiger partial charge in [0.05, 0.1) is 0 Å². The molecule has 3 nitrogen and oxygen atoms in total. The predicted molar refractivity (Wildman–Crippen MR) is 57.5 cm³/mol. The smallest absolute Gasteiger partial charge is 0.132 e. The second-order valence-electron chi connectivity index (χ2n) is 4.22. The Bertz CT molecular complexity index is 286. The molecule has 0 saturated heterocycles. The van der Waals surface area contributed by atoms with E-state index in [2.05, 4.69) is 47.1 Å². The van der Waals surface area contributed by atoms with Gasteiger partial charge in [-0.25, -0.2) is 0 Å². The molecule has 0 amide bonds. The number of nitrogens with zero attached hydrogens (tertiary/aromatic N) is 2. The zero-order valence-corrected chi connectivity index (χ0v) is 10.1. The molecular weight excluding hydrogens is 230 g/mol. The summed E-state index contributed by atoms with van der Waals surface area (Å²) < 4.78 is 2.73. The van der Waals surface area contributed by atoms with Gasteiger partial charge in [0.15, 0.2) is 0 Å². The van der Waals surface area contributed by atoms with Crippen LogP contribution >= 0.6 is 15.9 Å². The number of hydrogen-bond acceptors (Lipinski definition) is 2. The van der Waals surface area contributed by atoms with Crippen molar-refractivity contribution < 1.29 is 0 Å². The first-order chi connectivity index (χ1) is 5.88. The van der Waals surface area contributed by atoms with E-state index in [0.717, 1.165) is 11.1 Å². The average molecular weight is 246 g/mol. The van der Waals surface area contributed by atoms with Gasteiger partial charge in [-0.15, -0.1) is 0 Å². The minimum Gasteiger partial charge on any atom is -0.308 e. The third-order valence-electron chi connectivity index (χ3n) is 1.66. The zero-order valence-electron chi connectivity index (χ0n) is 8.56. The molecule has 1 heterocycles. The Hall–Kier alpha value is -0.350. The molecule has 0 spiro atoms. The van der Waals surface area contributed by atoms with Crippen LogP contribution in [0, 0.1) is 0 Å². The highest BCUT2D eigenvalue weighted by molar-refractivity contribution is 9.10. The molecule has 1 aromatic rings. The van der Waals surface area contributed by atoms with Crippen LogP contribution in [-0.4, -0.2) is 15.3 Å². The lowest BCUT2D eigenvalue weighted by atomic mass is 10.1. The van der Waals surface area contributed by atoms with Crippen LogP contribution in [0.5, 0.6) is 0 Å². The SMILES string of the molecule is Cn1cc(CNC(C)(C)C)c(Br)n1. The Kier molecular flexibility index (Phi) is 3.14. The summed E-state index contributed by atoms with van der Waals surface area (Å²) in [7, 11) is 1.92. The van der Waals surface area contributed by atoms with Crippen LogP contribution in [0.3, 0.4) is 0 Å². The first kappa shape index (κ1) is 10.7. The summed E-state index contributed by atoms with van der Waals surface area (Å²) >= 11 is 3.41. The number of halogens is 1. The summed E-state index contributed by atoms with van der Waals surface area (Å²) in [5.41, 5.74) is 1.34. The molecule has 74 valence electrons. The standard InChI is InChI=1S/C9H16BrN3/c1-9(2,3)11-5-7-6-13(4)12-8(7)10/h6,11H,5H2,1-4H3. The minimum atomic E-state index is 0.148. The summed E-state index contributed by atoms with van der Waals surface area (Å²) in [6.45, 7) is 7.30. The molecule has 4 heteroatoms. The molecule has 0 aromatic carbocycles. The molecule has 0 aliphatic rings. The van der Waals surface area contributed by atoms with Crippen LogP contribution in [0.25, 0.3) is 0 Å². The maximum absolute atomic E-state index is 4.21. The maximum Gasteiger partial charge on any atom is 0.132 e. The molecule has 1 aromatic heterocycles. The average Bonchev–Trinajstić information content (AvgIpc) is 2.24. The molecule has 0 atom stereocenters. The summed E-state index contributed by atoms with van der Waals surface area (Å²) in [6, 6.07) is 0. The van der Waals surface area contributed by atoms with Gasteiger partial charge in [0, 0.05) is 30.9 Å². The van der Waals surface area contributed by atoms with E-state index in [0.29, 0.717) is 0 Å². The van der Waals surface area contributed by atoms with Gasteiger partial charge < -0.3 is 5.32 Å². The fourth-order valence-corrected chi connectivity index (χ4v) is 1.48. The summed E-state index contributed by atoms with van der Waals surface area (Å²) in [4.78, 5) is 0. The fraction of sp³-hybridized carbons (Fsp3) is 0.667. The van der Waals surface area contributed by atoms with Gasteiger partial charge in [0.2, 0.25) is 0 Å². The Morgan fingerprint density at radius 1 is 1.54 bits per heavy atom. The van der Waals surface area contributed by atoms with Gasteiger partial charge in [0.25, 0.3) is 0 Å². The van der Waals surface area contributed by atoms with E-state index in [1.165, 1.54) is 5.56 Å². The third kappa shape index (κ3) is 3.48. The quantitative estimate of drug-likeness (QED) is 0.865. The van der Waals surface area contributed by atoms with E-state index in [9.17, 15) is 0 Å². The molecular formula is C9H16BrN3. The highest BCUT2D eigenvalue weighted by Crippen LogP contribution is 2.14. The monoisotopic (exact) mass is 245 g/mol. The first-order valence-electron chi connectivity index (χ1n) is 4.31. The first-order valence-corrected chi connectivity index (χ1v) is 5.11. The highest BCUT2D eigenvalue weighted by Gasteiger charge is 2.11. The topological polar surface area (TPSA) is 29.9 Å². The van der Waals surface area contributed by atoms with Crippen molar-refractivity contribution in [1.82, 2.24) is 15.1 Å². The van der Waals surface area contributed by atoms with Crippen molar-refractivity contribution in [2.45, 2.75) is 32.9 Å². The molecule has 0 aliphatic carbocycles. The van der Waals surface area contributed by atoms with Crippen molar-refractivity contribution in [2.75, 3.05) is 0 Å². The summed E-state index contributed by atoms with van der Waals surface area (Å²) in [6.07, 6.45) is 2.02. The number of aromatic nitrogens is 2. The summed E-state index contributed by atoms with van der Waals surface area (Å²) in [5.74, 6) is 0. The van der Waals surface area contributed by atoms with Gasteiger partial charge >= 0.3 is 0 Å². The second kappa shape index (κ2) is 3.80. The lowest BCUT2D eigenvalue weighted by Crippen LogP contribution is -2.35. The normalized spacial score (nSPS) is 12.1. The van der Waals surface area contributed by atoms with Gasteiger partial charge in [-0.1, -0.05) is 0 Å². The molecule has 0 unspecified atom stereocenters. The van der Waals surface area contributed by atoms with E-state index >= 15 is 0 Å². The van der Waals surface area contributed by atoms with Gasteiger partial charge in [-0.05, 0) is 36.7 Å².